The Balaban J connectivity index is 2.58. The summed E-state index contributed by atoms with van der Waals surface area (Å²) in [6.07, 6.45) is 3.57. The third-order valence-corrected chi connectivity index (χ3v) is 6.79. The van der Waals surface area contributed by atoms with Crippen LogP contribution in [0.4, 0.5) is 0 Å². The minimum absolute atomic E-state index is 0.174. The van der Waals surface area contributed by atoms with Gasteiger partial charge in [0.2, 0.25) is 10.0 Å². The molecule has 0 aromatic carbocycles. The van der Waals surface area contributed by atoms with E-state index < -0.39 is 19.9 Å². The molecule has 0 N–H and O–H groups in total. The summed E-state index contributed by atoms with van der Waals surface area (Å²) in [5.74, 6) is 0.174. The highest BCUT2D eigenvalue weighted by molar-refractivity contribution is 7.91. The quantitative estimate of drug-likeness (QED) is 0.742. The number of sulfone groups is 1. The molecule has 0 atom stereocenters. The zero-order valence-corrected chi connectivity index (χ0v) is 12.1. The van der Waals surface area contributed by atoms with Crippen LogP contribution in [0.1, 0.15) is 32.6 Å². The molecule has 0 radical (unpaired) electrons. The average Bonchev–Trinajstić information content (AvgIpc) is 2.25. The van der Waals surface area contributed by atoms with E-state index in [2.05, 4.69) is 0 Å². The SMILES string of the molecule is CCCCS(=O)(=O)N1CCC(S(C)(=O)=O)CC1. The van der Waals surface area contributed by atoms with E-state index in [4.69, 9.17) is 0 Å². The van der Waals surface area contributed by atoms with E-state index >= 15 is 0 Å². The van der Waals surface area contributed by atoms with Crippen molar-refractivity contribution in [3.63, 3.8) is 0 Å². The van der Waals surface area contributed by atoms with Crippen LogP contribution >= 0.6 is 0 Å². The number of nitrogens with zero attached hydrogens (tertiary/aromatic N) is 1. The number of sulfonamides is 1. The van der Waals surface area contributed by atoms with Crippen molar-refractivity contribution >= 4 is 19.9 Å². The van der Waals surface area contributed by atoms with E-state index in [-0.39, 0.29) is 11.0 Å². The van der Waals surface area contributed by atoms with Crippen LogP contribution in [0.25, 0.3) is 0 Å². The van der Waals surface area contributed by atoms with Crippen molar-refractivity contribution in [3.8, 4) is 0 Å². The van der Waals surface area contributed by atoms with Gasteiger partial charge in [0.15, 0.2) is 0 Å². The van der Waals surface area contributed by atoms with Crippen LogP contribution in [0, 0.1) is 0 Å². The second-order valence-corrected chi connectivity index (χ2v) is 9.01. The first-order valence-corrected chi connectivity index (χ1v) is 9.50. The van der Waals surface area contributed by atoms with Crippen LogP contribution in [-0.4, -0.2) is 51.5 Å². The molecule has 102 valence electrons. The highest BCUT2D eigenvalue weighted by Crippen LogP contribution is 2.20. The van der Waals surface area contributed by atoms with Crippen LogP contribution in [0.15, 0.2) is 0 Å². The zero-order valence-electron chi connectivity index (χ0n) is 10.4. The standard InChI is InChI=1S/C10H21NO4S2/c1-3-4-9-17(14,15)11-7-5-10(6-8-11)16(2,12)13/h10H,3-9H2,1-2H3. The maximum Gasteiger partial charge on any atom is 0.214 e. The van der Waals surface area contributed by atoms with Gasteiger partial charge in [-0.1, -0.05) is 13.3 Å². The fourth-order valence-corrected chi connectivity index (χ4v) is 4.74. The molecule has 17 heavy (non-hydrogen) atoms. The van der Waals surface area contributed by atoms with Gasteiger partial charge in [-0.15, -0.1) is 0 Å². The molecule has 1 fully saturated rings. The van der Waals surface area contributed by atoms with Gasteiger partial charge in [0, 0.05) is 19.3 Å². The van der Waals surface area contributed by atoms with Gasteiger partial charge < -0.3 is 0 Å². The lowest BCUT2D eigenvalue weighted by Crippen LogP contribution is -2.43. The minimum Gasteiger partial charge on any atom is -0.229 e. The van der Waals surface area contributed by atoms with Gasteiger partial charge in [0.05, 0.1) is 11.0 Å². The van der Waals surface area contributed by atoms with Gasteiger partial charge in [-0.2, -0.15) is 0 Å². The molecule has 0 aromatic rings. The molecule has 0 bridgehead atoms. The molecule has 1 aliphatic rings. The predicted octanol–water partition coefficient (Wildman–Crippen LogP) is 0.625. The van der Waals surface area contributed by atoms with Gasteiger partial charge in [0.1, 0.15) is 9.84 Å². The van der Waals surface area contributed by atoms with Crippen LogP contribution in [0.2, 0.25) is 0 Å². The Morgan fingerprint density at radius 1 is 1.12 bits per heavy atom. The number of rotatable bonds is 5. The van der Waals surface area contributed by atoms with Crippen molar-refractivity contribution in [3.05, 3.63) is 0 Å². The highest BCUT2D eigenvalue weighted by Gasteiger charge is 2.31. The van der Waals surface area contributed by atoms with Gasteiger partial charge in [-0.25, -0.2) is 21.1 Å². The molecule has 0 aromatic heterocycles. The van der Waals surface area contributed by atoms with Crippen molar-refractivity contribution < 1.29 is 16.8 Å². The molecule has 1 saturated heterocycles. The molecular formula is C10H21NO4S2. The molecule has 0 amide bonds. The molecule has 0 aliphatic carbocycles. The first-order valence-electron chi connectivity index (χ1n) is 5.94. The van der Waals surface area contributed by atoms with Crippen LogP contribution < -0.4 is 0 Å². The Morgan fingerprint density at radius 3 is 2.06 bits per heavy atom. The number of hydrogen-bond acceptors (Lipinski definition) is 4. The molecule has 0 unspecified atom stereocenters. The molecule has 1 rings (SSSR count). The van der Waals surface area contributed by atoms with E-state index in [0.29, 0.717) is 32.4 Å². The molecule has 0 saturated carbocycles. The predicted molar refractivity (Wildman–Crippen MR) is 68.1 cm³/mol. The average molecular weight is 283 g/mol. The Morgan fingerprint density at radius 2 is 1.65 bits per heavy atom. The Bertz CT molecular complexity index is 433. The lowest BCUT2D eigenvalue weighted by molar-refractivity contribution is 0.345. The normalized spacial score (nSPS) is 20.6. The van der Waals surface area contributed by atoms with Gasteiger partial charge in [0.25, 0.3) is 0 Å². The molecule has 5 nitrogen and oxygen atoms in total. The number of hydrogen-bond donors (Lipinski definition) is 0. The van der Waals surface area contributed by atoms with Crippen molar-refractivity contribution in [2.24, 2.45) is 0 Å². The van der Waals surface area contributed by atoms with Crippen LogP contribution in [-0.2, 0) is 19.9 Å². The minimum atomic E-state index is -3.18. The van der Waals surface area contributed by atoms with E-state index in [1.165, 1.54) is 10.6 Å². The first-order chi connectivity index (χ1) is 7.77. The summed E-state index contributed by atoms with van der Waals surface area (Å²) >= 11 is 0. The Kier molecular flexibility index (Phi) is 4.97. The maximum absolute atomic E-state index is 11.9. The van der Waals surface area contributed by atoms with E-state index in [1.807, 2.05) is 6.92 Å². The number of piperidine rings is 1. The summed E-state index contributed by atoms with van der Waals surface area (Å²) in [4.78, 5) is 0. The summed E-state index contributed by atoms with van der Waals surface area (Å²) in [6.45, 7) is 2.62. The van der Waals surface area contributed by atoms with Crippen molar-refractivity contribution in [1.29, 1.82) is 0 Å². The second kappa shape index (κ2) is 5.67. The smallest absolute Gasteiger partial charge is 0.214 e. The number of unbranched alkanes of at least 4 members (excludes halogenated alkanes) is 1. The first kappa shape index (κ1) is 14.9. The highest BCUT2D eigenvalue weighted by atomic mass is 32.2. The fourth-order valence-electron chi connectivity index (χ4n) is 1.99. The Labute approximate surface area is 104 Å². The summed E-state index contributed by atoms with van der Waals surface area (Å²) in [6, 6.07) is 0. The lowest BCUT2D eigenvalue weighted by Gasteiger charge is -2.30. The van der Waals surface area contributed by atoms with E-state index in [1.54, 1.807) is 0 Å². The van der Waals surface area contributed by atoms with Gasteiger partial charge in [-0.05, 0) is 19.3 Å². The molecule has 1 heterocycles. The van der Waals surface area contributed by atoms with Crippen LogP contribution in [0.5, 0.6) is 0 Å². The zero-order chi connectivity index (χ0) is 13.1. The summed E-state index contributed by atoms with van der Waals surface area (Å²) in [5.41, 5.74) is 0. The largest absolute Gasteiger partial charge is 0.229 e. The third kappa shape index (κ3) is 4.22. The second-order valence-electron chi connectivity index (χ2n) is 4.60. The van der Waals surface area contributed by atoms with Gasteiger partial charge >= 0.3 is 0 Å². The molecule has 0 spiro atoms. The molecular weight excluding hydrogens is 262 g/mol. The van der Waals surface area contributed by atoms with Crippen molar-refractivity contribution in [2.45, 2.75) is 37.9 Å². The van der Waals surface area contributed by atoms with Crippen molar-refractivity contribution in [2.75, 3.05) is 25.1 Å². The third-order valence-electron chi connectivity index (χ3n) is 3.16. The summed E-state index contributed by atoms with van der Waals surface area (Å²) in [5, 5.41) is -0.375. The van der Waals surface area contributed by atoms with Gasteiger partial charge in [-0.3, -0.25) is 0 Å². The lowest BCUT2D eigenvalue weighted by atomic mass is 10.2. The Hall–Kier alpha value is -0.140. The monoisotopic (exact) mass is 283 g/mol. The van der Waals surface area contributed by atoms with Crippen molar-refractivity contribution in [1.82, 2.24) is 4.31 Å². The molecule has 1 aliphatic heterocycles. The summed E-state index contributed by atoms with van der Waals surface area (Å²) < 4.78 is 47.9. The van der Waals surface area contributed by atoms with E-state index in [0.717, 1.165) is 6.42 Å². The molecule has 7 heteroatoms. The fraction of sp³-hybridized carbons (Fsp3) is 1.00. The van der Waals surface area contributed by atoms with E-state index in [9.17, 15) is 16.8 Å². The topological polar surface area (TPSA) is 71.5 Å². The maximum atomic E-state index is 11.9. The van der Waals surface area contributed by atoms with Crippen LogP contribution in [0.3, 0.4) is 0 Å². The summed E-state index contributed by atoms with van der Waals surface area (Å²) in [7, 11) is -6.21.